The van der Waals surface area contributed by atoms with Gasteiger partial charge in [0.15, 0.2) is 0 Å². The zero-order valence-electron chi connectivity index (χ0n) is 14.4. The second kappa shape index (κ2) is 6.44. The summed E-state index contributed by atoms with van der Waals surface area (Å²) in [7, 11) is 1.70. The van der Waals surface area contributed by atoms with Crippen LogP contribution in [0.3, 0.4) is 0 Å². The highest BCUT2D eigenvalue weighted by molar-refractivity contribution is 5.82. The zero-order valence-corrected chi connectivity index (χ0v) is 14.4. The summed E-state index contributed by atoms with van der Waals surface area (Å²) < 4.78 is 5.33. The lowest BCUT2D eigenvalue weighted by Crippen LogP contribution is -1.91. The number of aromatic nitrogens is 2. The Morgan fingerprint density at radius 3 is 2.64 bits per heavy atom. The molecular weight excluding hydrogens is 308 g/mol. The predicted octanol–water partition coefficient (Wildman–Crippen LogP) is 5.14. The molecule has 124 valence electrons. The topological polar surface area (TPSA) is 37.9 Å². The van der Waals surface area contributed by atoms with E-state index in [9.17, 15) is 0 Å². The summed E-state index contributed by atoms with van der Waals surface area (Å²) in [5.74, 6) is 1.80. The molecule has 0 spiro atoms. The van der Waals surface area contributed by atoms with Crippen LogP contribution in [0.15, 0.2) is 66.7 Å². The van der Waals surface area contributed by atoms with Crippen LogP contribution in [0.1, 0.15) is 16.7 Å². The van der Waals surface area contributed by atoms with E-state index in [-0.39, 0.29) is 0 Å². The number of aryl methyl sites for hydroxylation is 1. The van der Waals surface area contributed by atoms with Gasteiger partial charge in [-0.1, -0.05) is 48.0 Å². The van der Waals surface area contributed by atoms with Gasteiger partial charge in [0, 0.05) is 5.56 Å². The number of nitrogens with zero attached hydrogens (tertiary/aromatic N) is 1. The molecule has 0 saturated heterocycles. The van der Waals surface area contributed by atoms with Crippen LogP contribution in [-0.4, -0.2) is 17.1 Å². The fourth-order valence-corrected chi connectivity index (χ4v) is 3.17. The number of nitrogens with one attached hydrogen (secondary N) is 1. The maximum absolute atomic E-state index is 5.33. The average Bonchev–Trinajstić information content (AvgIpc) is 3.07. The molecule has 25 heavy (non-hydrogen) atoms. The quantitative estimate of drug-likeness (QED) is 0.563. The third-order valence-corrected chi connectivity index (χ3v) is 4.42. The van der Waals surface area contributed by atoms with E-state index >= 15 is 0 Å². The van der Waals surface area contributed by atoms with Crippen LogP contribution in [0.5, 0.6) is 5.75 Å². The highest BCUT2D eigenvalue weighted by Gasteiger charge is 2.10. The van der Waals surface area contributed by atoms with Crippen LogP contribution in [-0.2, 0) is 6.42 Å². The van der Waals surface area contributed by atoms with Crippen LogP contribution in [0.4, 0.5) is 0 Å². The molecule has 0 fully saturated rings. The van der Waals surface area contributed by atoms with Crippen molar-refractivity contribution in [2.24, 2.45) is 0 Å². The van der Waals surface area contributed by atoms with Crippen molar-refractivity contribution < 1.29 is 4.74 Å². The van der Waals surface area contributed by atoms with E-state index < -0.39 is 0 Å². The monoisotopic (exact) mass is 328 g/mol. The van der Waals surface area contributed by atoms with Gasteiger partial charge in [-0.15, -0.1) is 0 Å². The summed E-state index contributed by atoms with van der Waals surface area (Å²) in [5.41, 5.74) is 6.87. The average molecular weight is 328 g/mol. The van der Waals surface area contributed by atoms with E-state index in [1.807, 2.05) is 12.1 Å². The molecule has 0 amide bonds. The summed E-state index contributed by atoms with van der Waals surface area (Å²) in [6, 6.07) is 22.9. The van der Waals surface area contributed by atoms with Crippen molar-refractivity contribution in [3.63, 3.8) is 0 Å². The fourth-order valence-electron chi connectivity index (χ4n) is 3.17. The van der Waals surface area contributed by atoms with Crippen LogP contribution in [0.25, 0.3) is 22.4 Å². The van der Waals surface area contributed by atoms with Crippen LogP contribution in [0, 0.1) is 6.92 Å². The minimum Gasteiger partial charge on any atom is -0.497 e. The number of imidazole rings is 1. The van der Waals surface area contributed by atoms with E-state index in [0.29, 0.717) is 0 Å². The van der Waals surface area contributed by atoms with Gasteiger partial charge >= 0.3 is 0 Å². The number of hydrogen-bond donors (Lipinski definition) is 1. The maximum Gasteiger partial charge on any atom is 0.138 e. The van der Waals surface area contributed by atoms with E-state index in [0.717, 1.165) is 34.6 Å². The first kappa shape index (κ1) is 15.5. The Hall–Kier alpha value is -3.07. The van der Waals surface area contributed by atoms with Gasteiger partial charge in [0.25, 0.3) is 0 Å². The fraction of sp³-hybridized carbons (Fsp3) is 0.136. The Morgan fingerprint density at radius 1 is 0.960 bits per heavy atom. The SMILES string of the molecule is COc1cccc(Cc2cccc3[nH]c(-c4cccc(C)c4)nc23)c1. The lowest BCUT2D eigenvalue weighted by Gasteiger charge is -2.05. The van der Waals surface area contributed by atoms with E-state index in [1.54, 1.807) is 7.11 Å². The molecule has 0 atom stereocenters. The van der Waals surface area contributed by atoms with Crippen molar-refractivity contribution in [2.45, 2.75) is 13.3 Å². The Kier molecular flexibility index (Phi) is 3.98. The second-order valence-corrected chi connectivity index (χ2v) is 6.30. The molecule has 3 heteroatoms. The number of para-hydroxylation sites is 1. The number of fused-ring (bicyclic) bond motifs is 1. The zero-order chi connectivity index (χ0) is 17.2. The minimum absolute atomic E-state index is 0.826. The van der Waals surface area contributed by atoms with Gasteiger partial charge in [-0.25, -0.2) is 4.98 Å². The van der Waals surface area contributed by atoms with Crippen molar-refractivity contribution in [3.8, 4) is 17.1 Å². The highest BCUT2D eigenvalue weighted by atomic mass is 16.5. The Bertz CT molecular complexity index is 1030. The predicted molar refractivity (Wildman–Crippen MR) is 102 cm³/mol. The van der Waals surface area contributed by atoms with Gasteiger partial charge in [0.1, 0.15) is 11.6 Å². The first-order valence-corrected chi connectivity index (χ1v) is 8.40. The number of hydrogen-bond acceptors (Lipinski definition) is 2. The van der Waals surface area contributed by atoms with Gasteiger partial charge in [-0.2, -0.15) is 0 Å². The van der Waals surface area contributed by atoms with Gasteiger partial charge in [0.05, 0.1) is 18.1 Å². The summed E-state index contributed by atoms with van der Waals surface area (Å²) in [6.07, 6.45) is 0.826. The number of H-pyrrole nitrogens is 1. The molecular formula is C22H20N2O. The molecule has 0 saturated carbocycles. The number of ether oxygens (including phenoxy) is 1. The summed E-state index contributed by atoms with van der Waals surface area (Å²) in [5, 5.41) is 0. The first-order valence-electron chi connectivity index (χ1n) is 8.40. The van der Waals surface area contributed by atoms with Gasteiger partial charge in [0.2, 0.25) is 0 Å². The maximum atomic E-state index is 5.33. The molecule has 0 unspecified atom stereocenters. The molecule has 4 aromatic rings. The van der Waals surface area contributed by atoms with E-state index in [4.69, 9.17) is 9.72 Å². The summed E-state index contributed by atoms with van der Waals surface area (Å²) in [4.78, 5) is 8.33. The van der Waals surface area contributed by atoms with Gasteiger partial charge < -0.3 is 9.72 Å². The smallest absolute Gasteiger partial charge is 0.138 e. The van der Waals surface area contributed by atoms with Crippen LogP contribution in [0.2, 0.25) is 0 Å². The van der Waals surface area contributed by atoms with E-state index in [1.165, 1.54) is 16.7 Å². The van der Waals surface area contributed by atoms with Crippen molar-refractivity contribution in [1.82, 2.24) is 9.97 Å². The van der Waals surface area contributed by atoms with Crippen LogP contribution < -0.4 is 4.74 Å². The van der Waals surface area contributed by atoms with Crippen LogP contribution >= 0.6 is 0 Å². The van der Waals surface area contributed by atoms with Crippen molar-refractivity contribution in [2.75, 3.05) is 7.11 Å². The van der Waals surface area contributed by atoms with Crippen molar-refractivity contribution >= 4 is 11.0 Å². The third kappa shape index (κ3) is 3.13. The van der Waals surface area contributed by atoms with Gasteiger partial charge in [-0.05, 0) is 48.7 Å². The van der Waals surface area contributed by atoms with E-state index in [2.05, 4.69) is 66.5 Å². The lowest BCUT2D eigenvalue weighted by molar-refractivity contribution is 0.414. The lowest BCUT2D eigenvalue weighted by atomic mass is 10.0. The highest BCUT2D eigenvalue weighted by Crippen LogP contribution is 2.25. The molecule has 0 aliphatic rings. The number of benzene rings is 3. The third-order valence-electron chi connectivity index (χ3n) is 4.42. The summed E-state index contributed by atoms with van der Waals surface area (Å²) in [6.45, 7) is 2.10. The molecule has 1 N–H and O–H groups in total. The second-order valence-electron chi connectivity index (χ2n) is 6.30. The molecule has 4 rings (SSSR count). The molecule has 0 radical (unpaired) electrons. The molecule has 0 aliphatic carbocycles. The largest absolute Gasteiger partial charge is 0.497 e. The summed E-state index contributed by atoms with van der Waals surface area (Å²) >= 11 is 0. The number of aromatic amines is 1. The molecule has 0 bridgehead atoms. The molecule has 0 aliphatic heterocycles. The normalized spacial score (nSPS) is 11.0. The number of methoxy groups -OCH3 is 1. The van der Waals surface area contributed by atoms with Crippen molar-refractivity contribution in [1.29, 1.82) is 0 Å². The standard InChI is InChI=1S/C22H20N2O/c1-15-6-3-9-18(12-15)22-23-20-11-5-8-17(21(20)24-22)13-16-7-4-10-19(14-16)25-2/h3-12,14H,13H2,1-2H3,(H,23,24). The number of rotatable bonds is 4. The van der Waals surface area contributed by atoms with Gasteiger partial charge in [-0.3, -0.25) is 0 Å². The first-order chi connectivity index (χ1) is 12.2. The molecule has 3 nitrogen and oxygen atoms in total. The Balaban J connectivity index is 1.75. The minimum atomic E-state index is 0.826. The Morgan fingerprint density at radius 2 is 1.80 bits per heavy atom. The van der Waals surface area contributed by atoms with Crippen molar-refractivity contribution in [3.05, 3.63) is 83.4 Å². The molecule has 1 heterocycles. The molecule has 3 aromatic carbocycles. The molecule has 1 aromatic heterocycles. The Labute approximate surface area is 147 Å².